The van der Waals surface area contributed by atoms with Crippen LogP contribution in [0.4, 0.5) is 5.69 Å². The van der Waals surface area contributed by atoms with Gasteiger partial charge in [0.25, 0.3) is 5.91 Å². The van der Waals surface area contributed by atoms with Crippen LogP contribution in [-0.2, 0) is 0 Å². The molecule has 1 rings (SSSR count). The number of hydrogen-bond acceptors (Lipinski definition) is 2. The first-order chi connectivity index (χ1) is 7.95. The second-order valence-corrected chi connectivity index (χ2v) is 4.37. The maximum atomic E-state index is 11.3. The highest BCUT2D eigenvalue weighted by atomic mass is 16.1. The Kier molecular flexibility index (Phi) is 4.32. The van der Waals surface area contributed by atoms with Gasteiger partial charge in [-0.15, -0.1) is 0 Å². The predicted molar refractivity (Wildman–Crippen MR) is 71.9 cm³/mol. The molecule has 0 fully saturated rings. The van der Waals surface area contributed by atoms with Crippen LogP contribution in [0.5, 0.6) is 0 Å². The second-order valence-electron chi connectivity index (χ2n) is 4.37. The molecule has 0 aliphatic heterocycles. The Labute approximate surface area is 103 Å². The molecule has 0 saturated carbocycles. The van der Waals surface area contributed by atoms with Crippen molar-refractivity contribution in [3.63, 3.8) is 0 Å². The van der Waals surface area contributed by atoms with Crippen molar-refractivity contribution in [2.45, 2.75) is 27.2 Å². The molecule has 0 radical (unpaired) electrons. The lowest BCUT2D eigenvalue weighted by molar-refractivity contribution is 0.100. The van der Waals surface area contributed by atoms with Gasteiger partial charge in [-0.05, 0) is 37.0 Å². The van der Waals surface area contributed by atoms with Gasteiger partial charge < -0.3 is 11.1 Å². The van der Waals surface area contributed by atoms with Gasteiger partial charge >= 0.3 is 0 Å². The van der Waals surface area contributed by atoms with Crippen LogP contribution in [0.1, 0.15) is 36.2 Å². The Bertz CT molecular complexity index is 438. The highest BCUT2D eigenvalue weighted by Crippen LogP contribution is 2.22. The van der Waals surface area contributed by atoms with Crippen LogP contribution in [-0.4, -0.2) is 5.91 Å². The lowest BCUT2D eigenvalue weighted by atomic mass is 10.0. The smallest absolute Gasteiger partial charge is 0.250 e. The van der Waals surface area contributed by atoms with Gasteiger partial charge in [0.1, 0.15) is 0 Å². The number of rotatable bonds is 5. The highest BCUT2D eigenvalue weighted by molar-refractivity contribution is 5.98. The maximum absolute atomic E-state index is 11.3. The Hall–Kier alpha value is -1.77. The molecule has 1 amide bonds. The summed E-state index contributed by atoms with van der Waals surface area (Å²) in [5.41, 5.74) is 8.56. The number of benzene rings is 1. The van der Waals surface area contributed by atoms with Crippen molar-refractivity contribution >= 4 is 11.6 Å². The summed E-state index contributed by atoms with van der Waals surface area (Å²) < 4.78 is 0. The first-order valence-corrected chi connectivity index (χ1v) is 5.82. The summed E-state index contributed by atoms with van der Waals surface area (Å²) in [5, 5.41) is 3.19. The minimum atomic E-state index is -0.426. The quantitative estimate of drug-likeness (QED) is 0.819. The van der Waals surface area contributed by atoms with Crippen molar-refractivity contribution in [1.82, 2.24) is 0 Å². The first kappa shape index (κ1) is 13.3. The van der Waals surface area contributed by atoms with Gasteiger partial charge in [-0.3, -0.25) is 4.79 Å². The van der Waals surface area contributed by atoms with E-state index in [1.54, 1.807) is 6.07 Å². The molecule has 1 atom stereocenters. The summed E-state index contributed by atoms with van der Waals surface area (Å²) in [4.78, 5) is 11.3. The molecule has 17 heavy (non-hydrogen) atoms. The molecule has 1 aromatic carbocycles. The summed E-state index contributed by atoms with van der Waals surface area (Å²) in [6.45, 7) is 10.2. The van der Waals surface area contributed by atoms with E-state index >= 15 is 0 Å². The van der Waals surface area contributed by atoms with Crippen LogP contribution in [0, 0.1) is 12.8 Å². The van der Waals surface area contributed by atoms with Crippen LogP contribution < -0.4 is 11.1 Å². The van der Waals surface area contributed by atoms with Gasteiger partial charge in [0.2, 0.25) is 0 Å². The fourth-order valence-corrected chi connectivity index (χ4v) is 1.52. The van der Waals surface area contributed by atoms with Crippen LogP contribution in [0.3, 0.4) is 0 Å². The zero-order chi connectivity index (χ0) is 13.0. The van der Waals surface area contributed by atoms with Crippen molar-refractivity contribution in [2.75, 3.05) is 5.32 Å². The van der Waals surface area contributed by atoms with E-state index in [4.69, 9.17) is 5.73 Å². The number of nitrogens with one attached hydrogen (secondary N) is 1. The maximum Gasteiger partial charge on any atom is 0.250 e. The Morgan fingerprint density at radius 2 is 2.18 bits per heavy atom. The molecular weight excluding hydrogens is 212 g/mol. The molecule has 0 saturated heterocycles. The molecule has 0 aromatic heterocycles. The fraction of sp³-hybridized carbons (Fsp3) is 0.357. The summed E-state index contributed by atoms with van der Waals surface area (Å²) in [7, 11) is 0. The fourth-order valence-electron chi connectivity index (χ4n) is 1.52. The molecule has 92 valence electrons. The number of amides is 1. The van der Waals surface area contributed by atoms with Gasteiger partial charge in [-0.2, -0.15) is 0 Å². The third-order valence-electron chi connectivity index (χ3n) is 2.94. The molecule has 1 aromatic rings. The van der Waals surface area contributed by atoms with E-state index in [0.29, 0.717) is 11.5 Å². The number of primary amides is 1. The summed E-state index contributed by atoms with van der Waals surface area (Å²) in [5.74, 6) is -0.0688. The Morgan fingerprint density at radius 1 is 1.53 bits per heavy atom. The van der Waals surface area contributed by atoms with Gasteiger partial charge in [0, 0.05) is 5.70 Å². The number of carbonyl (C=O) groups is 1. The van der Waals surface area contributed by atoms with Crippen molar-refractivity contribution in [3.8, 4) is 0 Å². The minimum absolute atomic E-state index is 0.358. The number of aryl methyl sites for hydroxylation is 1. The topological polar surface area (TPSA) is 55.1 Å². The number of nitrogens with two attached hydrogens (primary N) is 1. The second kappa shape index (κ2) is 5.53. The summed E-state index contributed by atoms with van der Waals surface area (Å²) in [6, 6.07) is 5.52. The molecule has 3 heteroatoms. The van der Waals surface area contributed by atoms with E-state index in [2.05, 4.69) is 25.7 Å². The van der Waals surface area contributed by atoms with Gasteiger partial charge in [-0.1, -0.05) is 26.5 Å². The Morgan fingerprint density at radius 3 is 2.71 bits per heavy atom. The van der Waals surface area contributed by atoms with Crippen molar-refractivity contribution in [3.05, 3.63) is 41.6 Å². The normalized spacial score (nSPS) is 11.9. The highest BCUT2D eigenvalue weighted by Gasteiger charge is 2.11. The molecule has 0 bridgehead atoms. The Balaban J connectivity index is 3.00. The van der Waals surface area contributed by atoms with E-state index in [9.17, 15) is 4.79 Å². The van der Waals surface area contributed by atoms with E-state index in [0.717, 1.165) is 23.4 Å². The predicted octanol–water partition coefficient (Wildman–Crippen LogP) is 3.07. The minimum Gasteiger partial charge on any atom is -0.366 e. The van der Waals surface area contributed by atoms with Gasteiger partial charge in [-0.25, -0.2) is 0 Å². The number of hydrogen-bond donors (Lipinski definition) is 2. The molecule has 3 nitrogen and oxygen atoms in total. The van der Waals surface area contributed by atoms with Crippen LogP contribution >= 0.6 is 0 Å². The molecule has 3 N–H and O–H groups in total. The lowest BCUT2D eigenvalue weighted by Gasteiger charge is -2.17. The SMILES string of the molecule is C=C(Nc1cc(C)ccc1C(N)=O)C(C)CC. The monoisotopic (exact) mass is 232 g/mol. The van der Waals surface area contributed by atoms with Crippen molar-refractivity contribution < 1.29 is 4.79 Å². The molecule has 0 aliphatic carbocycles. The van der Waals surface area contributed by atoms with E-state index in [1.165, 1.54) is 0 Å². The zero-order valence-electron chi connectivity index (χ0n) is 10.7. The van der Waals surface area contributed by atoms with Crippen LogP contribution in [0.25, 0.3) is 0 Å². The molecule has 1 unspecified atom stereocenters. The van der Waals surface area contributed by atoms with Crippen LogP contribution in [0.2, 0.25) is 0 Å². The molecule has 0 spiro atoms. The number of anilines is 1. The van der Waals surface area contributed by atoms with Gasteiger partial charge in [0.15, 0.2) is 0 Å². The van der Waals surface area contributed by atoms with Crippen molar-refractivity contribution in [2.24, 2.45) is 11.7 Å². The molecule has 0 heterocycles. The summed E-state index contributed by atoms with van der Waals surface area (Å²) >= 11 is 0. The standard InChI is InChI=1S/C14H20N2O/c1-5-10(3)11(4)16-13-8-9(2)6-7-12(13)14(15)17/h6-8,10,16H,4-5H2,1-3H3,(H2,15,17). The van der Waals surface area contributed by atoms with E-state index < -0.39 is 5.91 Å². The van der Waals surface area contributed by atoms with E-state index in [-0.39, 0.29) is 0 Å². The number of allylic oxidation sites excluding steroid dienone is 1. The third kappa shape index (κ3) is 3.34. The summed E-state index contributed by atoms with van der Waals surface area (Å²) in [6.07, 6.45) is 1.00. The lowest BCUT2D eigenvalue weighted by Crippen LogP contribution is -2.15. The third-order valence-corrected chi connectivity index (χ3v) is 2.94. The largest absolute Gasteiger partial charge is 0.366 e. The first-order valence-electron chi connectivity index (χ1n) is 5.82. The van der Waals surface area contributed by atoms with Gasteiger partial charge in [0.05, 0.1) is 11.3 Å². The average Bonchev–Trinajstić information content (AvgIpc) is 2.27. The molecular formula is C14H20N2O. The average molecular weight is 232 g/mol. The van der Waals surface area contributed by atoms with Crippen LogP contribution in [0.15, 0.2) is 30.5 Å². The van der Waals surface area contributed by atoms with E-state index in [1.807, 2.05) is 19.1 Å². The van der Waals surface area contributed by atoms with Crippen molar-refractivity contribution in [1.29, 1.82) is 0 Å². The number of carbonyl (C=O) groups excluding carboxylic acids is 1. The zero-order valence-corrected chi connectivity index (χ0v) is 10.7. The molecule has 0 aliphatic rings.